The normalized spacial score (nSPS) is 27.1. The van der Waals surface area contributed by atoms with E-state index in [1.54, 1.807) is 0 Å². The van der Waals surface area contributed by atoms with Crippen molar-refractivity contribution in [1.29, 1.82) is 0 Å². The number of hydrogen-bond acceptors (Lipinski definition) is 3. The van der Waals surface area contributed by atoms with Gasteiger partial charge in [-0.15, -0.1) is 0 Å². The summed E-state index contributed by atoms with van der Waals surface area (Å²) in [5.74, 6) is 0. The molecule has 0 aliphatic carbocycles. The van der Waals surface area contributed by atoms with E-state index < -0.39 is 0 Å². The molecule has 2 heterocycles. The van der Waals surface area contributed by atoms with Crippen LogP contribution in [0.25, 0.3) is 0 Å². The molecule has 1 N–H and O–H groups in total. The lowest BCUT2D eigenvalue weighted by molar-refractivity contribution is 0.0630. The van der Waals surface area contributed by atoms with Gasteiger partial charge in [0.2, 0.25) is 0 Å². The van der Waals surface area contributed by atoms with Crippen molar-refractivity contribution < 1.29 is 4.74 Å². The molecular formula is C14H24BrN3O. The summed E-state index contributed by atoms with van der Waals surface area (Å²) in [5, 5.41) is 7.93. The highest BCUT2D eigenvalue weighted by molar-refractivity contribution is 9.10. The Kier molecular flexibility index (Phi) is 4.69. The Morgan fingerprint density at radius 3 is 2.79 bits per heavy atom. The maximum Gasteiger partial charge on any atom is 0.0766 e. The van der Waals surface area contributed by atoms with Crippen LogP contribution in [0.5, 0.6) is 0 Å². The minimum Gasteiger partial charge on any atom is -0.378 e. The first-order valence-corrected chi connectivity index (χ1v) is 7.80. The van der Waals surface area contributed by atoms with Crippen LogP contribution >= 0.6 is 15.9 Å². The first kappa shape index (κ1) is 15.0. The molecule has 1 aromatic heterocycles. The Hall–Kier alpha value is -0.390. The molecule has 2 atom stereocenters. The zero-order valence-electron chi connectivity index (χ0n) is 12.3. The number of aryl methyl sites for hydroxylation is 2. The standard InChI is InChI=1S/C14H24BrN3O/c1-5-11-13(15)12(18(4)17-11)8-14(9-16-3)6-7-19-10(14)2/h10,16H,5-9H2,1-4H3. The van der Waals surface area contributed by atoms with Crippen molar-refractivity contribution in [1.82, 2.24) is 15.1 Å². The van der Waals surface area contributed by atoms with Gasteiger partial charge in [-0.3, -0.25) is 4.68 Å². The second-order valence-electron chi connectivity index (χ2n) is 5.52. The van der Waals surface area contributed by atoms with Gasteiger partial charge < -0.3 is 10.1 Å². The van der Waals surface area contributed by atoms with Gasteiger partial charge in [-0.1, -0.05) is 6.92 Å². The van der Waals surface area contributed by atoms with E-state index in [-0.39, 0.29) is 11.5 Å². The summed E-state index contributed by atoms with van der Waals surface area (Å²) in [5.41, 5.74) is 2.60. The lowest BCUT2D eigenvalue weighted by Crippen LogP contribution is -2.40. The van der Waals surface area contributed by atoms with Gasteiger partial charge >= 0.3 is 0 Å². The molecule has 1 aromatic rings. The van der Waals surface area contributed by atoms with E-state index in [0.29, 0.717) is 0 Å². The molecule has 0 bridgehead atoms. The fraction of sp³-hybridized carbons (Fsp3) is 0.786. The Morgan fingerprint density at radius 1 is 1.58 bits per heavy atom. The summed E-state index contributed by atoms with van der Waals surface area (Å²) in [6.07, 6.45) is 3.35. The predicted molar refractivity (Wildman–Crippen MR) is 80.4 cm³/mol. The molecular weight excluding hydrogens is 306 g/mol. The number of rotatable bonds is 5. The van der Waals surface area contributed by atoms with Gasteiger partial charge in [-0.25, -0.2) is 0 Å². The number of hydrogen-bond donors (Lipinski definition) is 1. The van der Waals surface area contributed by atoms with Gasteiger partial charge in [0, 0.05) is 25.6 Å². The summed E-state index contributed by atoms with van der Waals surface area (Å²) in [6.45, 7) is 6.17. The van der Waals surface area contributed by atoms with Crippen LogP contribution < -0.4 is 5.32 Å². The molecule has 4 nitrogen and oxygen atoms in total. The van der Waals surface area contributed by atoms with E-state index in [0.717, 1.165) is 38.1 Å². The van der Waals surface area contributed by atoms with Gasteiger partial charge in [0.1, 0.15) is 0 Å². The van der Waals surface area contributed by atoms with E-state index in [9.17, 15) is 0 Å². The number of nitrogens with zero attached hydrogens (tertiary/aromatic N) is 2. The third-order valence-electron chi connectivity index (χ3n) is 4.38. The van der Waals surface area contributed by atoms with Crippen LogP contribution in [-0.2, 0) is 24.6 Å². The van der Waals surface area contributed by atoms with Crippen molar-refractivity contribution in [3.05, 3.63) is 15.9 Å². The maximum atomic E-state index is 5.82. The Morgan fingerprint density at radius 2 is 2.32 bits per heavy atom. The minimum atomic E-state index is 0.177. The molecule has 1 aliphatic rings. The molecule has 108 valence electrons. The molecule has 2 rings (SSSR count). The molecule has 0 aromatic carbocycles. The summed E-state index contributed by atoms with van der Waals surface area (Å²) in [6, 6.07) is 0. The smallest absolute Gasteiger partial charge is 0.0766 e. The van der Waals surface area contributed by atoms with Crippen molar-refractivity contribution in [3.8, 4) is 0 Å². The lowest BCUT2D eigenvalue weighted by Gasteiger charge is -2.32. The predicted octanol–water partition coefficient (Wildman–Crippen LogP) is 2.30. The zero-order valence-corrected chi connectivity index (χ0v) is 13.9. The fourth-order valence-corrected chi connectivity index (χ4v) is 3.80. The zero-order chi connectivity index (χ0) is 14.0. The first-order valence-electron chi connectivity index (χ1n) is 7.00. The van der Waals surface area contributed by atoms with Crippen molar-refractivity contribution in [2.24, 2.45) is 12.5 Å². The number of nitrogens with one attached hydrogen (secondary N) is 1. The van der Waals surface area contributed by atoms with E-state index >= 15 is 0 Å². The van der Waals surface area contributed by atoms with Crippen molar-refractivity contribution >= 4 is 15.9 Å². The van der Waals surface area contributed by atoms with Crippen LogP contribution in [0.4, 0.5) is 0 Å². The lowest BCUT2D eigenvalue weighted by atomic mass is 9.77. The highest BCUT2D eigenvalue weighted by atomic mass is 79.9. The molecule has 2 unspecified atom stereocenters. The van der Waals surface area contributed by atoms with Crippen LogP contribution in [0.3, 0.4) is 0 Å². The third kappa shape index (κ3) is 2.73. The minimum absolute atomic E-state index is 0.177. The van der Waals surface area contributed by atoms with Crippen LogP contribution in [0, 0.1) is 5.41 Å². The summed E-state index contributed by atoms with van der Waals surface area (Å²) in [4.78, 5) is 0. The number of halogens is 1. The van der Waals surface area contributed by atoms with E-state index in [1.807, 2.05) is 18.8 Å². The van der Waals surface area contributed by atoms with Crippen LogP contribution in [0.1, 0.15) is 31.7 Å². The molecule has 1 fully saturated rings. The van der Waals surface area contributed by atoms with E-state index in [1.165, 1.54) is 10.2 Å². The number of ether oxygens (including phenoxy) is 1. The van der Waals surface area contributed by atoms with Crippen LogP contribution in [0.15, 0.2) is 4.47 Å². The molecule has 1 aliphatic heterocycles. The molecule has 19 heavy (non-hydrogen) atoms. The van der Waals surface area contributed by atoms with Crippen molar-refractivity contribution in [3.63, 3.8) is 0 Å². The highest BCUT2D eigenvalue weighted by Gasteiger charge is 2.42. The van der Waals surface area contributed by atoms with E-state index in [4.69, 9.17) is 4.74 Å². The van der Waals surface area contributed by atoms with Gasteiger partial charge in [-0.2, -0.15) is 5.10 Å². The molecule has 5 heteroatoms. The Labute approximate surface area is 124 Å². The molecule has 1 saturated heterocycles. The van der Waals surface area contributed by atoms with Gasteiger partial charge in [0.15, 0.2) is 0 Å². The summed E-state index contributed by atoms with van der Waals surface area (Å²) >= 11 is 3.72. The maximum absolute atomic E-state index is 5.82. The van der Waals surface area contributed by atoms with Gasteiger partial charge in [0.25, 0.3) is 0 Å². The van der Waals surface area contributed by atoms with Gasteiger partial charge in [0.05, 0.1) is 22.0 Å². The van der Waals surface area contributed by atoms with Crippen molar-refractivity contribution in [2.75, 3.05) is 20.2 Å². The van der Waals surface area contributed by atoms with Gasteiger partial charge in [-0.05, 0) is 49.2 Å². The SMILES string of the molecule is CCc1nn(C)c(CC2(CNC)CCOC2C)c1Br. The highest BCUT2D eigenvalue weighted by Crippen LogP contribution is 2.39. The topological polar surface area (TPSA) is 39.1 Å². The van der Waals surface area contributed by atoms with Crippen molar-refractivity contribution in [2.45, 2.75) is 39.2 Å². The second kappa shape index (κ2) is 5.94. The summed E-state index contributed by atoms with van der Waals surface area (Å²) < 4.78 is 9.01. The molecule has 0 saturated carbocycles. The van der Waals surface area contributed by atoms with Crippen LogP contribution in [0.2, 0.25) is 0 Å². The molecule has 0 radical (unpaired) electrons. The summed E-state index contributed by atoms with van der Waals surface area (Å²) in [7, 11) is 4.05. The molecule has 0 amide bonds. The third-order valence-corrected chi connectivity index (χ3v) is 5.30. The second-order valence-corrected chi connectivity index (χ2v) is 6.31. The first-order chi connectivity index (χ1) is 9.04. The quantitative estimate of drug-likeness (QED) is 0.900. The average molecular weight is 330 g/mol. The largest absolute Gasteiger partial charge is 0.378 e. The van der Waals surface area contributed by atoms with Crippen LogP contribution in [-0.4, -0.2) is 36.1 Å². The molecule has 0 spiro atoms. The monoisotopic (exact) mass is 329 g/mol. The fourth-order valence-electron chi connectivity index (χ4n) is 3.04. The Bertz CT molecular complexity index is 446. The number of aromatic nitrogens is 2. The average Bonchev–Trinajstić information content (AvgIpc) is 2.86. The Balaban J connectivity index is 2.30. The van der Waals surface area contributed by atoms with E-state index in [2.05, 4.69) is 40.2 Å².